The third-order valence-electron chi connectivity index (χ3n) is 4.40. The third-order valence-corrected chi connectivity index (χ3v) is 4.40. The second-order valence-electron chi connectivity index (χ2n) is 5.89. The van der Waals surface area contributed by atoms with Gasteiger partial charge in [0.25, 0.3) is 11.7 Å². The quantitative estimate of drug-likeness (QED) is 0.446. The SMILES string of the molecule is COC(=O)c1ccc(NC(=O)C(=O)c2c(C)n(C)c3ccccc23)cc1. The Hall–Kier alpha value is -3.41. The van der Waals surface area contributed by atoms with Gasteiger partial charge in [-0.25, -0.2) is 4.79 Å². The van der Waals surface area contributed by atoms with Gasteiger partial charge < -0.3 is 14.6 Å². The molecule has 3 rings (SSSR count). The molecule has 6 heteroatoms. The van der Waals surface area contributed by atoms with Gasteiger partial charge in [0.05, 0.1) is 18.2 Å². The lowest BCUT2D eigenvalue weighted by Crippen LogP contribution is -2.23. The molecule has 0 unspecified atom stereocenters. The van der Waals surface area contributed by atoms with Crippen molar-refractivity contribution in [2.75, 3.05) is 12.4 Å². The van der Waals surface area contributed by atoms with Gasteiger partial charge in [-0.05, 0) is 37.3 Å². The molecule has 0 saturated carbocycles. The molecule has 1 aromatic heterocycles. The van der Waals surface area contributed by atoms with Gasteiger partial charge in [0.1, 0.15) is 0 Å². The zero-order valence-corrected chi connectivity index (χ0v) is 14.7. The number of amides is 1. The lowest BCUT2D eigenvalue weighted by molar-refractivity contribution is -0.112. The predicted molar refractivity (Wildman–Crippen MR) is 98.4 cm³/mol. The van der Waals surface area contributed by atoms with Crippen LogP contribution in [0.4, 0.5) is 5.69 Å². The number of hydrogen-bond acceptors (Lipinski definition) is 4. The molecule has 1 N–H and O–H groups in total. The lowest BCUT2D eigenvalue weighted by atomic mass is 10.1. The summed E-state index contributed by atoms with van der Waals surface area (Å²) in [5, 5.41) is 3.32. The first-order valence-corrected chi connectivity index (χ1v) is 8.02. The molecule has 0 saturated heterocycles. The number of Topliss-reactive ketones (excluding diaryl/α,β-unsaturated/α-hetero) is 1. The van der Waals surface area contributed by atoms with Crippen LogP contribution in [0.1, 0.15) is 26.4 Å². The Balaban J connectivity index is 1.86. The predicted octanol–water partition coefficient (Wildman–Crippen LogP) is 3.09. The first-order valence-electron chi connectivity index (χ1n) is 8.02. The molecule has 0 radical (unpaired) electrons. The number of esters is 1. The molecule has 132 valence electrons. The Morgan fingerprint density at radius 3 is 2.31 bits per heavy atom. The number of ether oxygens (including phenoxy) is 1. The van der Waals surface area contributed by atoms with E-state index in [0.29, 0.717) is 16.8 Å². The van der Waals surface area contributed by atoms with E-state index in [1.54, 1.807) is 12.1 Å². The molecule has 6 nitrogen and oxygen atoms in total. The van der Waals surface area contributed by atoms with Crippen LogP contribution < -0.4 is 5.32 Å². The van der Waals surface area contributed by atoms with Crippen molar-refractivity contribution in [1.82, 2.24) is 4.57 Å². The molecule has 0 aliphatic carbocycles. The number of rotatable bonds is 4. The second kappa shape index (κ2) is 6.84. The van der Waals surface area contributed by atoms with E-state index in [4.69, 9.17) is 0 Å². The van der Waals surface area contributed by atoms with Gasteiger partial charge in [-0.3, -0.25) is 9.59 Å². The first-order chi connectivity index (χ1) is 12.4. The number of nitrogens with zero attached hydrogens (tertiary/aromatic N) is 1. The Morgan fingerprint density at radius 1 is 1.00 bits per heavy atom. The summed E-state index contributed by atoms with van der Waals surface area (Å²) in [4.78, 5) is 36.6. The van der Waals surface area contributed by atoms with Crippen molar-refractivity contribution in [3.05, 3.63) is 65.4 Å². The minimum Gasteiger partial charge on any atom is -0.465 e. The highest BCUT2D eigenvalue weighted by atomic mass is 16.5. The van der Waals surface area contributed by atoms with Gasteiger partial charge >= 0.3 is 5.97 Å². The highest BCUT2D eigenvalue weighted by Gasteiger charge is 2.24. The molecular weight excluding hydrogens is 332 g/mol. The van der Waals surface area contributed by atoms with Crippen LogP contribution in [0.15, 0.2) is 48.5 Å². The summed E-state index contributed by atoms with van der Waals surface area (Å²) in [6.07, 6.45) is 0. The number of benzene rings is 2. The Labute approximate surface area is 150 Å². The number of fused-ring (bicyclic) bond motifs is 1. The molecule has 0 fully saturated rings. The van der Waals surface area contributed by atoms with Crippen molar-refractivity contribution >= 4 is 34.3 Å². The summed E-state index contributed by atoms with van der Waals surface area (Å²) in [5.41, 5.74) is 2.80. The maximum Gasteiger partial charge on any atom is 0.337 e. The summed E-state index contributed by atoms with van der Waals surface area (Å²) >= 11 is 0. The fraction of sp³-hybridized carbons (Fsp3) is 0.150. The van der Waals surface area contributed by atoms with Crippen LogP contribution in [0.3, 0.4) is 0 Å². The summed E-state index contributed by atoms with van der Waals surface area (Å²) in [6.45, 7) is 1.81. The van der Waals surface area contributed by atoms with E-state index in [0.717, 1.165) is 16.6 Å². The maximum atomic E-state index is 12.7. The van der Waals surface area contributed by atoms with E-state index >= 15 is 0 Å². The monoisotopic (exact) mass is 350 g/mol. The average Bonchev–Trinajstić information content (AvgIpc) is 2.92. The number of nitrogens with one attached hydrogen (secondary N) is 1. The van der Waals surface area contributed by atoms with E-state index in [9.17, 15) is 14.4 Å². The number of hydrogen-bond donors (Lipinski definition) is 1. The van der Waals surface area contributed by atoms with Crippen molar-refractivity contribution in [2.45, 2.75) is 6.92 Å². The Bertz CT molecular complexity index is 1020. The Morgan fingerprint density at radius 2 is 1.65 bits per heavy atom. The molecule has 0 atom stereocenters. The third kappa shape index (κ3) is 2.97. The van der Waals surface area contributed by atoms with Gasteiger partial charge in [0.15, 0.2) is 0 Å². The van der Waals surface area contributed by atoms with Gasteiger partial charge in [-0.1, -0.05) is 18.2 Å². The second-order valence-corrected chi connectivity index (χ2v) is 5.89. The van der Waals surface area contributed by atoms with Crippen molar-refractivity contribution in [3.8, 4) is 0 Å². The first kappa shape index (κ1) is 17.4. The van der Waals surface area contributed by atoms with Crippen LogP contribution in [0.2, 0.25) is 0 Å². The highest BCUT2D eigenvalue weighted by molar-refractivity contribution is 6.48. The van der Waals surface area contributed by atoms with Gasteiger partial charge in [0, 0.05) is 29.3 Å². The average molecular weight is 350 g/mol. The summed E-state index contributed by atoms with van der Waals surface area (Å²) in [7, 11) is 3.15. The molecule has 1 amide bonds. The lowest BCUT2D eigenvalue weighted by Gasteiger charge is -2.06. The van der Waals surface area contributed by atoms with E-state index in [-0.39, 0.29) is 0 Å². The van der Waals surface area contributed by atoms with Crippen LogP contribution in [0, 0.1) is 6.92 Å². The molecule has 0 aliphatic heterocycles. The topological polar surface area (TPSA) is 77.4 Å². The molecule has 26 heavy (non-hydrogen) atoms. The van der Waals surface area contributed by atoms with Crippen molar-refractivity contribution < 1.29 is 19.1 Å². The molecule has 0 aliphatic rings. The van der Waals surface area contributed by atoms with Crippen LogP contribution in [-0.2, 0) is 16.6 Å². The van der Waals surface area contributed by atoms with E-state index < -0.39 is 17.7 Å². The molecule has 0 spiro atoms. The number of anilines is 1. The summed E-state index contributed by atoms with van der Waals surface area (Å²) in [6, 6.07) is 13.6. The van der Waals surface area contributed by atoms with Crippen molar-refractivity contribution in [3.63, 3.8) is 0 Å². The molecule has 0 bridgehead atoms. The van der Waals surface area contributed by atoms with Crippen molar-refractivity contribution in [2.24, 2.45) is 7.05 Å². The fourth-order valence-corrected chi connectivity index (χ4v) is 2.92. The van der Waals surface area contributed by atoms with E-state index in [1.165, 1.54) is 19.2 Å². The molecule has 2 aromatic carbocycles. The van der Waals surface area contributed by atoms with Gasteiger partial charge in [-0.15, -0.1) is 0 Å². The largest absolute Gasteiger partial charge is 0.465 e. The van der Waals surface area contributed by atoms with Crippen LogP contribution in [0.25, 0.3) is 10.9 Å². The van der Waals surface area contributed by atoms with Crippen molar-refractivity contribution in [1.29, 1.82) is 0 Å². The number of carbonyl (C=O) groups excluding carboxylic acids is 3. The zero-order valence-electron chi connectivity index (χ0n) is 14.7. The number of aromatic nitrogens is 1. The number of ketones is 1. The van der Waals surface area contributed by atoms with E-state index in [1.807, 2.05) is 42.8 Å². The number of methoxy groups -OCH3 is 1. The minimum atomic E-state index is -0.727. The molecule has 1 heterocycles. The Kier molecular flexibility index (Phi) is 4.58. The van der Waals surface area contributed by atoms with Crippen LogP contribution in [-0.4, -0.2) is 29.3 Å². The van der Waals surface area contributed by atoms with Gasteiger partial charge in [0.2, 0.25) is 0 Å². The van der Waals surface area contributed by atoms with Crippen LogP contribution in [0.5, 0.6) is 0 Å². The smallest absolute Gasteiger partial charge is 0.337 e. The summed E-state index contributed by atoms with van der Waals surface area (Å²) < 4.78 is 6.52. The zero-order chi connectivity index (χ0) is 18.8. The standard InChI is InChI=1S/C20H18N2O4/c1-12-17(15-6-4-5-7-16(15)22(12)2)18(23)19(24)21-14-10-8-13(9-11-14)20(25)26-3/h4-11H,1-3H3,(H,21,24). The number of aryl methyl sites for hydroxylation is 1. The van der Waals surface area contributed by atoms with E-state index in [2.05, 4.69) is 10.1 Å². The number of para-hydroxylation sites is 1. The molecule has 3 aromatic rings. The normalized spacial score (nSPS) is 10.6. The minimum absolute atomic E-state index is 0.363. The molecular formula is C20H18N2O4. The summed E-state index contributed by atoms with van der Waals surface area (Å²) in [5.74, 6) is -1.79. The number of carbonyl (C=O) groups is 3. The highest BCUT2D eigenvalue weighted by Crippen LogP contribution is 2.25. The maximum absolute atomic E-state index is 12.7. The fourth-order valence-electron chi connectivity index (χ4n) is 2.92. The van der Waals surface area contributed by atoms with Crippen LogP contribution >= 0.6 is 0 Å². The van der Waals surface area contributed by atoms with Gasteiger partial charge in [-0.2, -0.15) is 0 Å².